The van der Waals surface area contributed by atoms with Crippen LogP contribution in [0.4, 0.5) is 17.1 Å². The van der Waals surface area contributed by atoms with E-state index in [9.17, 15) is 0 Å². The van der Waals surface area contributed by atoms with Crippen LogP contribution >= 0.6 is 0 Å². The molecule has 0 atom stereocenters. The molecule has 0 aromatic heterocycles. The Morgan fingerprint density at radius 1 is 0.327 bits per heavy atom. The van der Waals surface area contributed by atoms with Crippen LogP contribution in [0.25, 0.3) is 56.0 Å². The predicted molar refractivity (Wildman–Crippen MR) is 236 cm³/mol. The predicted octanol–water partition coefficient (Wildman–Crippen LogP) is 14.8. The van der Waals surface area contributed by atoms with Gasteiger partial charge in [0.05, 0.1) is 0 Å². The first-order valence-electron chi connectivity index (χ1n) is 19.4. The minimum Gasteiger partial charge on any atom is -0.311 e. The Morgan fingerprint density at radius 3 is 1.13 bits per heavy atom. The van der Waals surface area contributed by atoms with Crippen LogP contribution in [0.5, 0.6) is 0 Å². The van der Waals surface area contributed by atoms with Crippen LogP contribution in [0.3, 0.4) is 0 Å². The fourth-order valence-electron chi connectivity index (χ4n) is 9.28. The third-order valence-corrected chi connectivity index (χ3v) is 12.3. The Hall–Kier alpha value is -6.44. The normalized spacial score (nSPS) is 15.1. The fourth-order valence-corrected chi connectivity index (χ4v) is 9.28. The molecule has 0 amide bonds. The molecule has 0 unspecified atom stereocenters. The molecule has 0 heterocycles. The van der Waals surface area contributed by atoms with Gasteiger partial charge >= 0.3 is 0 Å². The Bertz CT molecular complexity index is 2660. The Morgan fingerprint density at radius 2 is 0.691 bits per heavy atom. The molecule has 0 aliphatic heterocycles. The summed E-state index contributed by atoms with van der Waals surface area (Å²) in [5.41, 5.74) is 16.3. The van der Waals surface area contributed by atoms with Gasteiger partial charge in [0, 0.05) is 27.9 Å². The van der Waals surface area contributed by atoms with E-state index in [1.165, 1.54) is 77.2 Å². The van der Waals surface area contributed by atoms with Crippen LogP contribution in [-0.4, -0.2) is 0 Å². The minimum atomic E-state index is -0.0989. The molecule has 8 aromatic rings. The standard InChI is InChI=1S/C54H43N/c1-53(2)49-32-24-38-14-8-10-16-45(38)47(49)34-51(53)40-20-28-43(29-21-40)55(42-26-18-37(19-27-42)36-12-6-5-7-13-36)44-30-22-41(23-31-44)52-35-48-46-17-11-9-15-39(46)25-33-50(48)54(52,3)4/h5-35H,1-4H3. The SMILES string of the molecule is CC1(C)C(c2ccc(N(c3ccc(C4=Cc5c(ccc6ccccc56)C4(C)C)cc3)c3ccc(-c4ccccc4)cc3)cc2)=Cc2c1ccc1ccccc21. The maximum Gasteiger partial charge on any atom is 0.0462 e. The molecule has 55 heavy (non-hydrogen) atoms. The minimum absolute atomic E-state index is 0.0989. The Balaban J connectivity index is 1.03. The van der Waals surface area contributed by atoms with E-state index in [2.05, 4.69) is 221 Å². The molecule has 0 bridgehead atoms. The molecule has 0 N–H and O–H groups in total. The van der Waals surface area contributed by atoms with Crippen LogP contribution in [-0.2, 0) is 10.8 Å². The maximum atomic E-state index is 2.42. The van der Waals surface area contributed by atoms with Gasteiger partial charge in [-0.05, 0) is 126 Å². The van der Waals surface area contributed by atoms with Crippen molar-refractivity contribution in [2.24, 2.45) is 0 Å². The summed E-state index contributed by atoms with van der Waals surface area (Å²) in [6.45, 7) is 9.43. The lowest BCUT2D eigenvalue weighted by molar-refractivity contribution is 0.705. The molecule has 1 nitrogen and oxygen atoms in total. The van der Waals surface area contributed by atoms with Crippen molar-refractivity contribution in [1.82, 2.24) is 0 Å². The van der Waals surface area contributed by atoms with Gasteiger partial charge in [0.25, 0.3) is 0 Å². The zero-order chi connectivity index (χ0) is 37.3. The van der Waals surface area contributed by atoms with Gasteiger partial charge in [-0.15, -0.1) is 0 Å². The van der Waals surface area contributed by atoms with Gasteiger partial charge in [0.1, 0.15) is 0 Å². The van der Waals surface area contributed by atoms with E-state index in [1.54, 1.807) is 0 Å². The van der Waals surface area contributed by atoms with Crippen molar-refractivity contribution in [2.45, 2.75) is 38.5 Å². The summed E-state index contributed by atoms with van der Waals surface area (Å²) < 4.78 is 0. The first-order valence-corrected chi connectivity index (χ1v) is 19.4. The summed E-state index contributed by atoms with van der Waals surface area (Å²) >= 11 is 0. The highest BCUT2D eigenvalue weighted by atomic mass is 15.1. The molecule has 2 aliphatic rings. The fraction of sp³-hybridized carbons (Fsp3) is 0.111. The lowest BCUT2D eigenvalue weighted by Gasteiger charge is -2.28. The van der Waals surface area contributed by atoms with Gasteiger partial charge in [-0.25, -0.2) is 0 Å². The van der Waals surface area contributed by atoms with Gasteiger partial charge in [-0.2, -0.15) is 0 Å². The maximum absolute atomic E-state index is 2.42. The lowest BCUT2D eigenvalue weighted by Crippen LogP contribution is -2.17. The van der Waals surface area contributed by atoms with Gasteiger partial charge in [0.2, 0.25) is 0 Å². The topological polar surface area (TPSA) is 3.24 Å². The average molecular weight is 706 g/mol. The van der Waals surface area contributed by atoms with Gasteiger partial charge in [-0.1, -0.05) is 167 Å². The summed E-state index contributed by atoms with van der Waals surface area (Å²) in [4.78, 5) is 2.38. The molecule has 8 aromatic carbocycles. The van der Waals surface area contributed by atoms with Gasteiger partial charge in [-0.3, -0.25) is 0 Å². The molecule has 0 spiro atoms. The van der Waals surface area contributed by atoms with Crippen molar-refractivity contribution >= 4 is 61.9 Å². The number of hydrogen-bond acceptors (Lipinski definition) is 1. The van der Waals surface area contributed by atoms with E-state index in [0.29, 0.717) is 0 Å². The third-order valence-electron chi connectivity index (χ3n) is 12.3. The first kappa shape index (κ1) is 33.2. The molecule has 0 saturated carbocycles. The van der Waals surface area contributed by atoms with Crippen molar-refractivity contribution < 1.29 is 0 Å². The molecule has 0 fully saturated rings. The molecule has 2 aliphatic carbocycles. The van der Waals surface area contributed by atoms with Crippen LogP contribution in [0.1, 0.15) is 61.1 Å². The van der Waals surface area contributed by atoms with Gasteiger partial charge < -0.3 is 4.90 Å². The molecule has 10 rings (SSSR count). The quantitative estimate of drug-likeness (QED) is 0.166. The molecule has 264 valence electrons. The highest BCUT2D eigenvalue weighted by Gasteiger charge is 2.36. The summed E-state index contributed by atoms with van der Waals surface area (Å²) in [7, 11) is 0. The first-order chi connectivity index (χ1) is 26.8. The second kappa shape index (κ2) is 12.6. The number of hydrogen-bond donors (Lipinski definition) is 0. The van der Waals surface area contributed by atoms with E-state index in [-0.39, 0.29) is 10.8 Å². The zero-order valence-electron chi connectivity index (χ0n) is 31.8. The van der Waals surface area contributed by atoms with Crippen LogP contribution in [0, 0.1) is 0 Å². The monoisotopic (exact) mass is 705 g/mol. The van der Waals surface area contributed by atoms with E-state index in [0.717, 1.165) is 17.1 Å². The molecule has 0 radical (unpaired) electrons. The zero-order valence-corrected chi connectivity index (χ0v) is 31.8. The molecule has 1 heteroatoms. The highest BCUT2D eigenvalue weighted by molar-refractivity contribution is 6.05. The number of nitrogens with zero attached hydrogens (tertiary/aromatic N) is 1. The number of rotatable bonds is 6. The number of benzene rings is 8. The Labute approximate surface area is 324 Å². The van der Waals surface area contributed by atoms with Crippen molar-refractivity contribution in [1.29, 1.82) is 0 Å². The largest absolute Gasteiger partial charge is 0.311 e. The van der Waals surface area contributed by atoms with E-state index in [4.69, 9.17) is 0 Å². The van der Waals surface area contributed by atoms with Crippen molar-refractivity contribution in [3.05, 3.63) is 209 Å². The molecular formula is C54H43N. The molecule has 0 saturated heterocycles. The number of fused-ring (bicyclic) bond motifs is 6. The number of anilines is 3. The summed E-state index contributed by atoms with van der Waals surface area (Å²) in [5, 5.41) is 5.22. The summed E-state index contributed by atoms with van der Waals surface area (Å²) in [6, 6.07) is 64.6. The van der Waals surface area contributed by atoms with Crippen LogP contribution < -0.4 is 4.90 Å². The second-order valence-electron chi connectivity index (χ2n) is 16.2. The second-order valence-corrected chi connectivity index (χ2v) is 16.2. The number of allylic oxidation sites excluding steroid dienone is 2. The van der Waals surface area contributed by atoms with Gasteiger partial charge in [0.15, 0.2) is 0 Å². The van der Waals surface area contributed by atoms with Crippen molar-refractivity contribution in [2.75, 3.05) is 4.90 Å². The third kappa shape index (κ3) is 5.37. The summed E-state index contributed by atoms with van der Waals surface area (Å²) in [5.74, 6) is 0. The smallest absolute Gasteiger partial charge is 0.0462 e. The molecular weight excluding hydrogens is 663 g/mol. The van der Waals surface area contributed by atoms with E-state index >= 15 is 0 Å². The average Bonchev–Trinajstić information content (AvgIpc) is 3.67. The van der Waals surface area contributed by atoms with Crippen molar-refractivity contribution in [3.8, 4) is 11.1 Å². The van der Waals surface area contributed by atoms with E-state index in [1.807, 2.05) is 0 Å². The van der Waals surface area contributed by atoms with Crippen LogP contribution in [0.15, 0.2) is 176 Å². The summed E-state index contributed by atoms with van der Waals surface area (Å²) in [6.07, 6.45) is 4.84. The van der Waals surface area contributed by atoms with Crippen LogP contribution in [0.2, 0.25) is 0 Å². The van der Waals surface area contributed by atoms with Crippen molar-refractivity contribution in [3.63, 3.8) is 0 Å². The lowest BCUT2D eigenvalue weighted by atomic mass is 9.78. The van der Waals surface area contributed by atoms with E-state index < -0.39 is 0 Å². The highest BCUT2D eigenvalue weighted by Crippen LogP contribution is 2.51. The Kier molecular flexibility index (Phi) is 7.58.